The quantitative estimate of drug-likeness (QED) is 0.654. The van der Waals surface area contributed by atoms with Crippen molar-refractivity contribution in [2.24, 2.45) is 0 Å². The van der Waals surface area contributed by atoms with E-state index in [0.717, 1.165) is 19.4 Å². The molecule has 2 heterocycles. The van der Waals surface area contributed by atoms with Gasteiger partial charge in [0.2, 0.25) is 0 Å². The zero-order valence-corrected chi connectivity index (χ0v) is 8.79. The molecule has 2 atom stereocenters. The summed E-state index contributed by atoms with van der Waals surface area (Å²) in [7, 11) is 0. The number of piperidine rings is 1. The molecular formula is C10H16N4O. The van der Waals surface area contributed by atoms with Gasteiger partial charge in [-0.05, 0) is 26.3 Å². The van der Waals surface area contributed by atoms with Gasteiger partial charge in [-0.15, -0.1) is 0 Å². The van der Waals surface area contributed by atoms with E-state index in [1.165, 1.54) is 12.5 Å². The van der Waals surface area contributed by atoms with E-state index in [1.54, 1.807) is 0 Å². The van der Waals surface area contributed by atoms with Crippen molar-refractivity contribution in [1.82, 2.24) is 20.6 Å². The second-order valence-corrected chi connectivity index (χ2v) is 3.93. The van der Waals surface area contributed by atoms with Crippen LogP contribution in [0.5, 0.6) is 0 Å². The smallest absolute Gasteiger partial charge is 0.269 e. The van der Waals surface area contributed by atoms with E-state index in [0.29, 0.717) is 11.7 Å². The number of H-pyrrole nitrogens is 1. The van der Waals surface area contributed by atoms with Crippen molar-refractivity contribution in [3.63, 3.8) is 0 Å². The van der Waals surface area contributed by atoms with Crippen LogP contribution in [-0.2, 0) is 0 Å². The normalized spacial score (nSPS) is 26.2. The molecule has 0 bridgehead atoms. The lowest BCUT2D eigenvalue weighted by Gasteiger charge is -2.30. The molecule has 0 saturated carbocycles. The number of aromatic amines is 1. The fraction of sp³-hybridized carbons (Fsp3) is 0.600. The molecule has 0 radical (unpaired) electrons. The van der Waals surface area contributed by atoms with Gasteiger partial charge in [0.25, 0.3) is 5.91 Å². The summed E-state index contributed by atoms with van der Waals surface area (Å²) in [5.41, 5.74) is 0.521. The van der Waals surface area contributed by atoms with Gasteiger partial charge in [-0.1, -0.05) is 0 Å². The van der Waals surface area contributed by atoms with Crippen LogP contribution < -0.4 is 10.6 Å². The predicted octanol–water partition coefficient (Wildman–Crippen LogP) is 0.280. The van der Waals surface area contributed by atoms with Gasteiger partial charge in [0.15, 0.2) is 0 Å². The van der Waals surface area contributed by atoms with Gasteiger partial charge in [0.1, 0.15) is 5.69 Å². The number of aromatic nitrogens is 2. The molecule has 2 unspecified atom stereocenters. The number of carbonyl (C=O) groups excluding carboxylic acids is 1. The molecule has 82 valence electrons. The summed E-state index contributed by atoms with van der Waals surface area (Å²) < 4.78 is 0. The second-order valence-electron chi connectivity index (χ2n) is 3.93. The fourth-order valence-corrected chi connectivity index (χ4v) is 1.87. The van der Waals surface area contributed by atoms with Gasteiger partial charge in [-0.3, -0.25) is 4.79 Å². The molecule has 5 heteroatoms. The van der Waals surface area contributed by atoms with Crippen LogP contribution in [0.4, 0.5) is 0 Å². The Labute approximate surface area is 88.7 Å². The first kappa shape index (κ1) is 10.2. The fourth-order valence-electron chi connectivity index (χ4n) is 1.87. The largest absolute Gasteiger partial charge is 0.346 e. The maximum atomic E-state index is 11.7. The number of nitrogens with zero attached hydrogens (tertiary/aromatic N) is 1. The molecule has 0 spiro atoms. The highest BCUT2D eigenvalue weighted by atomic mass is 16.2. The predicted molar refractivity (Wildman–Crippen MR) is 56.5 cm³/mol. The van der Waals surface area contributed by atoms with Gasteiger partial charge in [-0.25, -0.2) is 4.98 Å². The Morgan fingerprint density at radius 1 is 1.67 bits per heavy atom. The third kappa shape index (κ3) is 2.36. The summed E-state index contributed by atoms with van der Waals surface area (Å²) in [5.74, 6) is -0.0759. The minimum Gasteiger partial charge on any atom is -0.346 e. The highest BCUT2D eigenvalue weighted by molar-refractivity contribution is 5.92. The topological polar surface area (TPSA) is 69.8 Å². The van der Waals surface area contributed by atoms with Crippen molar-refractivity contribution in [3.05, 3.63) is 18.2 Å². The zero-order chi connectivity index (χ0) is 10.7. The summed E-state index contributed by atoms with van der Waals surface area (Å²) in [6, 6.07) is 0.556. The average molecular weight is 208 g/mol. The van der Waals surface area contributed by atoms with Crippen molar-refractivity contribution in [3.8, 4) is 0 Å². The second kappa shape index (κ2) is 4.44. The van der Waals surface area contributed by atoms with Crippen molar-refractivity contribution < 1.29 is 4.79 Å². The number of amides is 1. The van der Waals surface area contributed by atoms with Crippen LogP contribution in [0.2, 0.25) is 0 Å². The SMILES string of the molecule is CC1NCCCC1NC(=O)c1cnc[nH]1. The highest BCUT2D eigenvalue weighted by Gasteiger charge is 2.22. The van der Waals surface area contributed by atoms with E-state index in [9.17, 15) is 4.79 Å². The summed E-state index contributed by atoms with van der Waals surface area (Å²) in [4.78, 5) is 18.3. The number of hydrogen-bond donors (Lipinski definition) is 3. The molecular weight excluding hydrogens is 192 g/mol. The van der Waals surface area contributed by atoms with Crippen molar-refractivity contribution in [1.29, 1.82) is 0 Å². The molecule has 2 rings (SSSR count). The third-order valence-corrected chi connectivity index (χ3v) is 2.82. The van der Waals surface area contributed by atoms with Crippen LogP contribution >= 0.6 is 0 Å². The Morgan fingerprint density at radius 3 is 3.20 bits per heavy atom. The maximum Gasteiger partial charge on any atom is 0.269 e. The van der Waals surface area contributed by atoms with Crippen LogP contribution in [0.1, 0.15) is 30.3 Å². The van der Waals surface area contributed by atoms with Crippen molar-refractivity contribution in [2.45, 2.75) is 31.8 Å². The van der Waals surface area contributed by atoms with E-state index >= 15 is 0 Å². The summed E-state index contributed by atoms with van der Waals surface area (Å²) in [6.07, 6.45) is 5.19. The van der Waals surface area contributed by atoms with Gasteiger partial charge in [0.05, 0.1) is 12.5 Å². The Morgan fingerprint density at radius 2 is 2.53 bits per heavy atom. The molecule has 1 fully saturated rings. The molecule has 5 nitrogen and oxygen atoms in total. The molecule has 1 saturated heterocycles. The lowest BCUT2D eigenvalue weighted by molar-refractivity contribution is 0.0915. The van der Waals surface area contributed by atoms with E-state index in [4.69, 9.17) is 0 Å². The van der Waals surface area contributed by atoms with E-state index in [2.05, 4.69) is 27.5 Å². The molecule has 1 aromatic rings. The van der Waals surface area contributed by atoms with Crippen LogP contribution in [0, 0.1) is 0 Å². The van der Waals surface area contributed by atoms with Crippen molar-refractivity contribution in [2.75, 3.05) is 6.54 Å². The number of nitrogens with one attached hydrogen (secondary N) is 3. The van der Waals surface area contributed by atoms with E-state index in [1.807, 2.05) is 0 Å². The van der Waals surface area contributed by atoms with Crippen LogP contribution in [0.15, 0.2) is 12.5 Å². The third-order valence-electron chi connectivity index (χ3n) is 2.82. The summed E-state index contributed by atoms with van der Waals surface area (Å²) >= 11 is 0. The Balaban J connectivity index is 1.93. The lowest BCUT2D eigenvalue weighted by Crippen LogP contribution is -2.51. The van der Waals surface area contributed by atoms with Crippen molar-refractivity contribution >= 4 is 5.91 Å². The maximum absolute atomic E-state index is 11.7. The Kier molecular flexibility index (Phi) is 3.01. The molecule has 1 aliphatic rings. The standard InChI is InChI=1S/C10H16N4O/c1-7-8(3-2-4-12-7)14-10(15)9-5-11-6-13-9/h5-8,12H,2-4H2,1H3,(H,11,13)(H,14,15). The molecule has 1 amide bonds. The monoisotopic (exact) mass is 208 g/mol. The molecule has 1 aliphatic heterocycles. The van der Waals surface area contributed by atoms with Crippen LogP contribution in [0.3, 0.4) is 0 Å². The number of imidazole rings is 1. The first-order chi connectivity index (χ1) is 7.27. The minimum absolute atomic E-state index is 0.0759. The van der Waals surface area contributed by atoms with Gasteiger partial charge < -0.3 is 15.6 Å². The molecule has 15 heavy (non-hydrogen) atoms. The first-order valence-electron chi connectivity index (χ1n) is 5.30. The van der Waals surface area contributed by atoms with Crippen LogP contribution in [-0.4, -0.2) is 34.5 Å². The molecule has 0 aromatic carbocycles. The number of carbonyl (C=O) groups is 1. The number of rotatable bonds is 2. The van der Waals surface area contributed by atoms with Crippen LogP contribution in [0.25, 0.3) is 0 Å². The first-order valence-corrected chi connectivity index (χ1v) is 5.30. The minimum atomic E-state index is -0.0759. The highest BCUT2D eigenvalue weighted by Crippen LogP contribution is 2.08. The van der Waals surface area contributed by atoms with Gasteiger partial charge >= 0.3 is 0 Å². The van der Waals surface area contributed by atoms with Gasteiger partial charge in [-0.2, -0.15) is 0 Å². The molecule has 3 N–H and O–H groups in total. The lowest BCUT2D eigenvalue weighted by atomic mass is 10.00. The average Bonchev–Trinajstić information content (AvgIpc) is 2.74. The Bertz CT molecular complexity index is 322. The zero-order valence-electron chi connectivity index (χ0n) is 8.79. The summed E-state index contributed by atoms with van der Waals surface area (Å²) in [5, 5.41) is 6.34. The van der Waals surface area contributed by atoms with E-state index < -0.39 is 0 Å². The molecule has 0 aliphatic carbocycles. The van der Waals surface area contributed by atoms with E-state index in [-0.39, 0.29) is 11.9 Å². The summed E-state index contributed by atoms with van der Waals surface area (Å²) in [6.45, 7) is 3.13. The molecule has 1 aromatic heterocycles. The Hall–Kier alpha value is -1.36. The van der Waals surface area contributed by atoms with Gasteiger partial charge in [0, 0.05) is 12.1 Å². The number of hydrogen-bond acceptors (Lipinski definition) is 3.